The van der Waals surface area contributed by atoms with Crippen molar-refractivity contribution in [1.29, 1.82) is 0 Å². The fourth-order valence-corrected chi connectivity index (χ4v) is 5.55. The van der Waals surface area contributed by atoms with Crippen LogP contribution in [0.5, 0.6) is 0 Å². The van der Waals surface area contributed by atoms with Gasteiger partial charge in [0.1, 0.15) is 0 Å². The van der Waals surface area contributed by atoms with E-state index < -0.39 is 0 Å². The number of hydrogen-bond acceptors (Lipinski definition) is 5. The van der Waals surface area contributed by atoms with Crippen molar-refractivity contribution >= 4 is 53.0 Å². The van der Waals surface area contributed by atoms with E-state index in [0.29, 0.717) is 10.8 Å². The van der Waals surface area contributed by atoms with Crippen LogP contribution in [0.1, 0.15) is 30.7 Å². The molecule has 0 spiro atoms. The maximum atomic E-state index is 5.52. The fraction of sp³-hybridized carbons (Fsp3) is 0.722. The van der Waals surface area contributed by atoms with Crippen molar-refractivity contribution in [3.63, 3.8) is 0 Å². The normalized spacial score (nSPS) is 25.5. The van der Waals surface area contributed by atoms with E-state index >= 15 is 0 Å². The van der Waals surface area contributed by atoms with Crippen LogP contribution in [0, 0.1) is 0 Å². The number of morpholine rings is 1. The van der Waals surface area contributed by atoms with Gasteiger partial charge in [0.2, 0.25) is 0 Å². The summed E-state index contributed by atoms with van der Waals surface area (Å²) in [7, 11) is 1.86. The van der Waals surface area contributed by atoms with Gasteiger partial charge >= 0.3 is 0 Å². The van der Waals surface area contributed by atoms with Gasteiger partial charge in [-0.2, -0.15) is 11.8 Å². The number of ether oxygens (including phenoxy) is 1. The van der Waals surface area contributed by atoms with Gasteiger partial charge in [-0.05, 0) is 37.0 Å². The molecule has 3 heterocycles. The summed E-state index contributed by atoms with van der Waals surface area (Å²) in [5, 5.41) is 9.24. The number of thiophene rings is 1. The lowest BCUT2D eigenvalue weighted by Crippen LogP contribution is -2.48. The molecule has 0 radical (unpaired) electrons. The lowest BCUT2D eigenvalue weighted by Gasteiger charge is -2.34. The molecule has 2 unspecified atom stereocenters. The molecule has 1 aromatic heterocycles. The van der Waals surface area contributed by atoms with Gasteiger partial charge in [0.05, 0.1) is 19.3 Å². The van der Waals surface area contributed by atoms with Gasteiger partial charge in [-0.15, -0.1) is 35.3 Å². The number of thioether (sulfide) groups is 1. The average molecular weight is 511 g/mol. The van der Waals surface area contributed by atoms with Gasteiger partial charge < -0.3 is 15.4 Å². The Morgan fingerprint density at radius 2 is 2.19 bits per heavy atom. The molecule has 0 amide bonds. The monoisotopic (exact) mass is 510 g/mol. The van der Waals surface area contributed by atoms with Gasteiger partial charge in [0.15, 0.2) is 5.96 Å². The highest BCUT2D eigenvalue weighted by Crippen LogP contribution is 2.36. The average Bonchev–Trinajstić information content (AvgIpc) is 3.31. The largest absolute Gasteiger partial charge is 0.379 e. The Morgan fingerprint density at radius 1 is 1.38 bits per heavy atom. The number of nitrogens with zero attached hydrogens (tertiary/aromatic N) is 2. The summed E-state index contributed by atoms with van der Waals surface area (Å²) in [6.45, 7) is 7.82. The van der Waals surface area contributed by atoms with E-state index in [1.807, 2.05) is 18.4 Å². The van der Waals surface area contributed by atoms with Crippen LogP contribution >= 0.6 is 47.1 Å². The molecule has 8 heteroatoms. The van der Waals surface area contributed by atoms with Gasteiger partial charge in [-0.25, -0.2) is 0 Å². The first kappa shape index (κ1) is 22.3. The van der Waals surface area contributed by atoms with Gasteiger partial charge in [-0.3, -0.25) is 9.89 Å². The summed E-state index contributed by atoms with van der Waals surface area (Å²) >= 11 is 3.91. The predicted molar refractivity (Wildman–Crippen MR) is 124 cm³/mol. The first-order valence-electron chi connectivity index (χ1n) is 9.14. The molecule has 2 atom stereocenters. The molecule has 2 aliphatic rings. The van der Waals surface area contributed by atoms with E-state index in [1.54, 1.807) is 0 Å². The molecular weight excluding hydrogens is 479 g/mol. The van der Waals surface area contributed by atoms with E-state index in [2.05, 4.69) is 56.7 Å². The molecular formula is C18H31IN4OS2. The van der Waals surface area contributed by atoms with Crippen LogP contribution in [-0.2, 0) is 4.74 Å². The first-order chi connectivity index (χ1) is 12.2. The number of rotatable bonds is 6. The molecule has 2 N–H and O–H groups in total. The molecule has 0 saturated carbocycles. The molecule has 148 valence electrons. The van der Waals surface area contributed by atoms with E-state index in [4.69, 9.17) is 4.74 Å². The molecule has 26 heavy (non-hydrogen) atoms. The third-order valence-electron chi connectivity index (χ3n) is 4.97. The number of hydrogen-bond donors (Lipinski definition) is 2. The molecule has 1 aromatic rings. The van der Waals surface area contributed by atoms with E-state index in [1.165, 1.54) is 23.5 Å². The lowest BCUT2D eigenvalue weighted by atomic mass is 10.1. The summed E-state index contributed by atoms with van der Waals surface area (Å²) < 4.78 is 5.87. The van der Waals surface area contributed by atoms with Crippen molar-refractivity contribution < 1.29 is 4.74 Å². The minimum absolute atomic E-state index is 0. The Kier molecular flexibility index (Phi) is 9.49. The summed E-state index contributed by atoms with van der Waals surface area (Å²) in [5.41, 5.74) is 0. The number of guanidine groups is 1. The summed E-state index contributed by atoms with van der Waals surface area (Å²) in [4.78, 5) is 8.35. The van der Waals surface area contributed by atoms with Crippen LogP contribution in [0.15, 0.2) is 22.5 Å². The van der Waals surface area contributed by atoms with Crippen molar-refractivity contribution in [2.75, 3.05) is 52.2 Å². The lowest BCUT2D eigenvalue weighted by molar-refractivity contribution is 0.0177. The Morgan fingerprint density at radius 3 is 2.81 bits per heavy atom. The second kappa shape index (κ2) is 11.1. The molecule has 3 rings (SSSR count). The van der Waals surface area contributed by atoms with Gasteiger partial charge in [0.25, 0.3) is 0 Å². The molecule has 2 fully saturated rings. The third kappa shape index (κ3) is 6.25. The highest BCUT2D eigenvalue weighted by atomic mass is 127. The number of aliphatic imine (C=N–C) groups is 1. The Balaban J connectivity index is 0.00000243. The molecule has 0 bridgehead atoms. The maximum absolute atomic E-state index is 5.52. The van der Waals surface area contributed by atoms with Crippen LogP contribution in [0.3, 0.4) is 0 Å². The molecule has 5 nitrogen and oxygen atoms in total. The SMILES string of the molecule is CN=C(NCC(c1cccs1)N1CCOCC1)NCC1(C)CCCS1.I. The highest BCUT2D eigenvalue weighted by molar-refractivity contribution is 14.0. The Hall–Kier alpha value is -0.0300. The second-order valence-electron chi connectivity index (χ2n) is 6.89. The zero-order chi connectivity index (χ0) is 17.5. The fourth-order valence-electron chi connectivity index (χ4n) is 3.44. The Labute approximate surface area is 182 Å². The maximum Gasteiger partial charge on any atom is 0.191 e. The van der Waals surface area contributed by atoms with Gasteiger partial charge in [0, 0.05) is 42.9 Å². The molecule has 0 aliphatic carbocycles. The van der Waals surface area contributed by atoms with E-state index in [0.717, 1.165) is 45.4 Å². The third-order valence-corrected chi connectivity index (χ3v) is 7.49. The second-order valence-corrected chi connectivity index (χ2v) is 9.55. The standard InChI is InChI=1S/C18H30N4OS2.HI/c1-18(6-4-12-25-18)14-21-17(19-2)20-13-15(16-5-3-11-24-16)22-7-9-23-10-8-22;/h3,5,11,15H,4,6-10,12-14H2,1-2H3,(H2,19,20,21);1H. The van der Waals surface area contributed by atoms with Crippen LogP contribution in [0.2, 0.25) is 0 Å². The van der Waals surface area contributed by atoms with Gasteiger partial charge in [-0.1, -0.05) is 6.07 Å². The smallest absolute Gasteiger partial charge is 0.191 e. The minimum atomic E-state index is 0. The summed E-state index contributed by atoms with van der Waals surface area (Å²) in [6.07, 6.45) is 2.61. The first-order valence-corrected chi connectivity index (χ1v) is 11.0. The van der Waals surface area contributed by atoms with Crippen molar-refractivity contribution in [3.8, 4) is 0 Å². The van der Waals surface area contributed by atoms with Crippen LogP contribution in [-0.4, -0.2) is 67.8 Å². The zero-order valence-corrected chi connectivity index (χ0v) is 19.7. The predicted octanol–water partition coefficient (Wildman–Crippen LogP) is 3.19. The minimum Gasteiger partial charge on any atom is -0.379 e. The van der Waals surface area contributed by atoms with Crippen molar-refractivity contribution in [1.82, 2.24) is 15.5 Å². The van der Waals surface area contributed by atoms with Crippen LogP contribution in [0.4, 0.5) is 0 Å². The highest BCUT2D eigenvalue weighted by Gasteiger charge is 2.29. The molecule has 2 aliphatic heterocycles. The van der Waals surface area contributed by atoms with Crippen LogP contribution < -0.4 is 10.6 Å². The van der Waals surface area contributed by atoms with Crippen molar-refractivity contribution in [3.05, 3.63) is 22.4 Å². The summed E-state index contributed by atoms with van der Waals surface area (Å²) in [5.74, 6) is 2.19. The topological polar surface area (TPSA) is 48.9 Å². The van der Waals surface area contributed by atoms with Crippen molar-refractivity contribution in [2.24, 2.45) is 4.99 Å². The summed E-state index contributed by atoms with van der Waals surface area (Å²) in [6, 6.07) is 4.75. The van der Waals surface area contributed by atoms with Crippen LogP contribution in [0.25, 0.3) is 0 Å². The zero-order valence-electron chi connectivity index (χ0n) is 15.7. The Bertz CT molecular complexity index is 543. The molecule has 0 aromatic carbocycles. The van der Waals surface area contributed by atoms with E-state index in [-0.39, 0.29) is 24.0 Å². The van der Waals surface area contributed by atoms with E-state index in [9.17, 15) is 0 Å². The quantitative estimate of drug-likeness (QED) is 0.350. The molecule has 2 saturated heterocycles. The number of nitrogens with one attached hydrogen (secondary N) is 2. The number of halogens is 1. The van der Waals surface area contributed by atoms with Crippen molar-refractivity contribution in [2.45, 2.75) is 30.6 Å².